The van der Waals surface area contributed by atoms with Gasteiger partial charge in [0.1, 0.15) is 18.4 Å². The number of carbonyl (C=O) groups excluding carboxylic acids is 1. The van der Waals surface area contributed by atoms with Crippen molar-refractivity contribution in [2.24, 2.45) is 0 Å². The van der Waals surface area contributed by atoms with Crippen LogP contribution in [0.15, 0.2) is 42.7 Å². The Bertz CT molecular complexity index is 1090. The normalized spacial score (nSPS) is 22.1. The van der Waals surface area contributed by atoms with Crippen molar-refractivity contribution < 1.29 is 14.3 Å². The number of nitrogens with zero attached hydrogens (tertiary/aromatic N) is 5. The Morgan fingerprint density at radius 2 is 1.97 bits per heavy atom. The molecule has 1 atom stereocenters. The highest BCUT2D eigenvalue weighted by atomic mass is 16.5. The number of aromatic nitrogens is 1. The Balaban J connectivity index is 1.12. The molecule has 3 aliphatic rings. The Morgan fingerprint density at radius 1 is 1.17 bits per heavy atom. The van der Waals surface area contributed by atoms with E-state index in [2.05, 4.69) is 52.0 Å². The Kier molecular flexibility index (Phi) is 7.40. The molecule has 3 aliphatic heterocycles. The van der Waals surface area contributed by atoms with Gasteiger partial charge in [-0.2, -0.15) is 5.26 Å². The van der Waals surface area contributed by atoms with E-state index in [-0.39, 0.29) is 18.1 Å². The molecule has 3 fully saturated rings. The molecule has 190 valence electrons. The first kappa shape index (κ1) is 24.5. The molecule has 8 heteroatoms. The largest absolute Gasteiger partial charge is 0.494 e. The Morgan fingerprint density at radius 3 is 2.69 bits per heavy atom. The van der Waals surface area contributed by atoms with Gasteiger partial charge in [0.15, 0.2) is 0 Å². The van der Waals surface area contributed by atoms with Gasteiger partial charge in [0.25, 0.3) is 5.91 Å². The van der Waals surface area contributed by atoms with Crippen LogP contribution in [0.5, 0.6) is 5.75 Å². The maximum Gasteiger partial charge on any atom is 0.253 e. The topological polar surface area (TPSA) is 81.9 Å². The first-order chi connectivity index (χ1) is 17.5. The average Bonchev–Trinajstić information content (AvgIpc) is 3.33. The lowest BCUT2D eigenvalue weighted by molar-refractivity contribution is -0.141. The summed E-state index contributed by atoms with van der Waals surface area (Å²) in [4.78, 5) is 23.4. The number of pyridine rings is 1. The van der Waals surface area contributed by atoms with E-state index in [1.54, 1.807) is 17.2 Å². The van der Waals surface area contributed by atoms with Gasteiger partial charge < -0.3 is 24.2 Å². The van der Waals surface area contributed by atoms with Crippen molar-refractivity contribution in [2.75, 3.05) is 55.7 Å². The summed E-state index contributed by atoms with van der Waals surface area (Å²) in [5.41, 5.74) is 1.92. The maximum absolute atomic E-state index is 12.6. The molecule has 36 heavy (non-hydrogen) atoms. The van der Waals surface area contributed by atoms with E-state index in [1.807, 2.05) is 0 Å². The van der Waals surface area contributed by atoms with E-state index in [4.69, 9.17) is 9.47 Å². The zero-order valence-electron chi connectivity index (χ0n) is 21.1. The molecule has 1 amide bonds. The van der Waals surface area contributed by atoms with Crippen molar-refractivity contribution in [1.82, 2.24) is 9.88 Å². The molecule has 1 spiro atoms. The summed E-state index contributed by atoms with van der Waals surface area (Å²) in [6, 6.07) is 12.9. The minimum atomic E-state index is -0.372. The molecule has 0 unspecified atom stereocenters. The molecule has 5 rings (SSSR count). The highest BCUT2D eigenvalue weighted by molar-refractivity contribution is 5.95. The molecule has 1 aromatic carbocycles. The quantitative estimate of drug-likeness (QED) is 0.550. The molecule has 0 bridgehead atoms. The number of benzene rings is 1. The van der Waals surface area contributed by atoms with Gasteiger partial charge in [-0.3, -0.25) is 9.78 Å². The summed E-state index contributed by atoms with van der Waals surface area (Å²) in [6.07, 6.45) is 8.49. The fraction of sp³-hybridized carbons (Fsp3) is 0.536. The van der Waals surface area contributed by atoms with Gasteiger partial charge in [0, 0.05) is 37.6 Å². The summed E-state index contributed by atoms with van der Waals surface area (Å²) >= 11 is 0. The van der Waals surface area contributed by atoms with E-state index in [0.29, 0.717) is 23.8 Å². The molecule has 8 nitrogen and oxygen atoms in total. The lowest BCUT2D eigenvalue weighted by Gasteiger charge is -2.47. The number of hydrogen-bond acceptors (Lipinski definition) is 7. The second-order valence-corrected chi connectivity index (χ2v) is 10.2. The number of carbonyl (C=O) groups is 1. The fourth-order valence-corrected chi connectivity index (χ4v) is 5.60. The zero-order chi connectivity index (χ0) is 25.0. The van der Waals surface area contributed by atoms with E-state index in [1.165, 1.54) is 31.3 Å². The van der Waals surface area contributed by atoms with E-state index < -0.39 is 0 Å². The minimum absolute atomic E-state index is 0.0550. The van der Waals surface area contributed by atoms with Crippen LogP contribution in [-0.4, -0.2) is 73.4 Å². The summed E-state index contributed by atoms with van der Waals surface area (Å²) in [5, 5.41) is 9.19. The second-order valence-electron chi connectivity index (χ2n) is 10.2. The SMILES string of the molecule is C[C@H]1CCCN1CCCOc1ccc(N2CCC3(CC2)CN(c2cncc(C#N)c2)C(=O)CO3)cc1. The number of nitriles is 1. The third kappa shape index (κ3) is 5.48. The van der Waals surface area contributed by atoms with E-state index in [0.717, 1.165) is 51.3 Å². The predicted octanol–water partition coefficient (Wildman–Crippen LogP) is 3.61. The molecule has 0 saturated carbocycles. The van der Waals surface area contributed by atoms with Crippen LogP contribution < -0.4 is 14.5 Å². The van der Waals surface area contributed by atoms with Crippen molar-refractivity contribution in [3.8, 4) is 11.8 Å². The lowest BCUT2D eigenvalue weighted by atomic mass is 9.88. The fourth-order valence-electron chi connectivity index (χ4n) is 5.60. The molecule has 1 aromatic heterocycles. The van der Waals surface area contributed by atoms with Crippen LogP contribution in [-0.2, 0) is 9.53 Å². The first-order valence-corrected chi connectivity index (χ1v) is 13.1. The molecular formula is C28H35N5O3. The number of anilines is 2. The van der Waals surface area contributed by atoms with Crippen molar-refractivity contribution in [3.05, 3.63) is 48.3 Å². The number of morpholine rings is 1. The van der Waals surface area contributed by atoms with Crippen molar-refractivity contribution in [2.45, 2.75) is 50.7 Å². The predicted molar refractivity (Wildman–Crippen MR) is 138 cm³/mol. The monoisotopic (exact) mass is 489 g/mol. The van der Waals surface area contributed by atoms with Crippen molar-refractivity contribution in [3.63, 3.8) is 0 Å². The number of rotatable bonds is 7. The Hall–Kier alpha value is -3.15. The van der Waals surface area contributed by atoms with Crippen LogP contribution in [0, 0.1) is 11.3 Å². The van der Waals surface area contributed by atoms with Gasteiger partial charge >= 0.3 is 0 Å². The minimum Gasteiger partial charge on any atom is -0.494 e. The number of piperidine rings is 1. The van der Waals surface area contributed by atoms with Gasteiger partial charge in [-0.1, -0.05) is 0 Å². The summed E-state index contributed by atoms with van der Waals surface area (Å²) in [5.74, 6) is 0.824. The van der Waals surface area contributed by atoms with Gasteiger partial charge in [-0.25, -0.2) is 0 Å². The number of hydrogen-bond donors (Lipinski definition) is 0. The number of ether oxygens (including phenoxy) is 2. The maximum atomic E-state index is 12.6. The van der Waals surface area contributed by atoms with Crippen LogP contribution in [0.3, 0.4) is 0 Å². The number of likely N-dealkylation sites (tertiary alicyclic amines) is 1. The third-order valence-corrected chi connectivity index (χ3v) is 7.84. The van der Waals surface area contributed by atoms with Gasteiger partial charge in [0.05, 0.1) is 36.2 Å². The molecule has 0 aliphatic carbocycles. The smallest absolute Gasteiger partial charge is 0.253 e. The molecule has 0 radical (unpaired) electrons. The Labute approximate surface area is 213 Å². The number of amides is 1. The van der Waals surface area contributed by atoms with Crippen LogP contribution in [0.2, 0.25) is 0 Å². The second kappa shape index (κ2) is 10.9. The molecule has 3 saturated heterocycles. The van der Waals surface area contributed by atoms with E-state index >= 15 is 0 Å². The summed E-state index contributed by atoms with van der Waals surface area (Å²) in [7, 11) is 0. The van der Waals surface area contributed by atoms with E-state index in [9.17, 15) is 10.1 Å². The van der Waals surface area contributed by atoms with Gasteiger partial charge in [-0.05, 0) is 75.9 Å². The highest BCUT2D eigenvalue weighted by Crippen LogP contribution is 2.34. The van der Waals surface area contributed by atoms with Crippen LogP contribution >= 0.6 is 0 Å². The lowest BCUT2D eigenvalue weighted by Crippen LogP contribution is -2.59. The van der Waals surface area contributed by atoms with Gasteiger partial charge in [0.2, 0.25) is 0 Å². The molecule has 2 aromatic rings. The average molecular weight is 490 g/mol. The van der Waals surface area contributed by atoms with Crippen molar-refractivity contribution >= 4 is 17.3 Å². The van der Waals surface area contributed by atoms with Crippen molar-refractivity contribution in [1.29, 1.82) is 5.26 Å². The molecular weight excluding hydrogens is 454 g/mol. The third-order valence-electron chi connectivity index (χ3n) is 7.84. The van der Waals surface area contributed by atoms with Gasteiger partial charge in [-0.15, -0.1) is 0 Å². The first-order valence-electron chi connectivity index (χ1n) is 13.1. The summed E-state index contributed by atoms with van der Waals surface area (Å²) < 4.78 is 12.1. The van der Waals surface area contributed by atoms with Crippen LogP contribution in [0.4, 0.5) is 11.4 Å². The standard InChI is InChI=1S/C28H35N5O3/c1-22-4-2-11-31(22)12-3-15-35-26-7-5-24(6-8-26)32-13-9-28(10-14-32)21-33(27(34)20-36-28)25-16-23(17-29)18-30-19-25/h5-8,16,18-19,22H,2-4,9-15,20-21H2,1H3/t22-/m0/s1. The molecule has 0 N–H and O–H groups in total. The van der Waals surface area contributed by atoms with Crippen LogP contribution in [0.25, 0.3) is 0 Å². The molecule has 4 heterocycles. The summed E-state index contributed by atoms with van der Waals surface area (Å²) in [6.45, 7) is 7.64. The van der Waals surface area contributed by atoms with Crippen LogP contribution in [0.1, 0.15) is 44.6 Å². The highest BCUT2D eigenvalue weighted by Gasteiger charge is 2.43. The zero-order valence-corrected chi connectivity index (χ0v) is 21.1.